The molecule has 1 fully saturated rings. The molecule has 1 saturated carbocycles. The van der Waals surface area contributed by atoms with Crippen LogP contribution in [0.25, 0.3) is 0 Å². The minimum atomic E-state index is 0.0476. The average molecular weight is 301 g/mol. The fraction of sp³-hybridized carbons (Fsp3) is 0.529. The number of carbonyl (C=O) groups is 1. The molecule has 0 spiro atoms. The van der Waals surface area contributed by atoms with Gasteiger partial charge in [-0.3, -0.25) is 9.48 Å². The maximum atomic E-state index is 13.0. The minimum absolute atomic E-state index is 0.0476. The van der Waals surface area contributed by atoms with Crippen LogP contribution in [0.1, 0.15) is 54.0 Å². The number of aromatic nitrogens is 2. The molecule has 1 aliphatic carbocycles. The summed E-state index contributed by atoms with van der Waals surface area (Å²) in [5, 5.41) is 4.30. The van der Waals surface area contributed by atoms with Crippen molar-refractivity contribution in [2.75, 3.05) is 0 Å². The Bertz CT molecular complexity index is 624. The quantitative estimate of drug-likeness (QED) is 0.870. The van der Waals surface area contributed by atoms with E-state index in [1.54, 1.807) is 10.9 Å². The van der Waals surface area contributed by atoms with Gasteiger partial charge in [-0.25, -0.2) is 0 Å². The second kappa shape index (κ2) is 6.38. The molecular formula is C17H23N3O2. The zero-order chi connectivity index (χ0) is 15.5. The summed E-state index contributed by atoms with van der Waals surface area (Å²) in [6, 6.07) is 5.95. The Kier molecular flexibility index (Phi) is 4.32. The fourth-order valence-electron chi connectivity index (χ4n) is 3.29. The SMILES string of the molecule is Cc1cc(C(=O)N(Cc2ccco2)C2CCCCC2)n(C)n1. The third-order valence-electron chi connectivity index (χ3n) is 4.40. The third-order valence-corrected chi connectivity index (χ3v) is 4.40. The number of hydrogen-bond donors (Lipinski definition) is 0. The molecule has 5 nitrogen and oxygen atoms in total. The molecule has 0 bridgehead atoms. The molecule has 5 heteroatoms. The Morgan fingerprint density at radius 3 is 2.77 bits per heavy atom. The summed E-state index contributed by atoms with van der Waals surface area (Å²) in [7, 11) is 1.83. The highest BCUT2D eigenvalue weighted by molar-refractivity contribution is 5.92. The lowest BCUT2D eigenvalue weighted by atomic mass is 9.94. The molecular weight excluding hydrogens is 278 g/mol. The van der Waals surface area contributed by atoms with E-state index in [0.717, 1.165) is 24.3 Å². The van der Waals surface area contributed by atoms with Crippen molar-refractivity contribution in [3.05, 3.63) is 41.6 Å². The highest BCUT2D eigenvalue weighted by Gasteiger charge is 2.28. The van der Waals surface area contributed by atoms with Gasteiger partial charge >= 0.3 is 0 Å². The predicted octanol–water partition coefficient (Wildman–Crippen LogP) is 3.30. The van der Waals surface area contributed by atoms with Crippen molar-refractivity contribution in [3.8, 4) is 0 Å². The van der Waals surface area contributed by atoms with E-state index in [1.165, 1.54) is 19.3 Å². The second-order valence-corrected chi connectivity index (χ2v) is 6.10. The Morgan fingerprint density at radius 1 is 1.41 bits per heavy atom. The maximum Gasteiger partial charge on any atom is 0.272 e. The van der Waals surface area contributed by atoms with E-state index < -0.39 is 0 Å². The van der Waals surface area contributed by atoms with Gasteiger partial charge in [0.05, 0.1) is 18.5 Å². The topological polar surface area (TPSA) is 51.3 Å². The van der Waals surface area contributed by atoms with Crippen molar-refractivity contribution in [1.29, 1.82) is 0 Å². The molecule has 0 atom stereocenters. The van der Waals surface area contributed by atoms with Crippen molar-refractivity contribution in [2.24, 2.45) is 7.05 Å². The van der Waals surface area contributed by atoms with Crippen molar-refractivity contribution < 1.29 is 9.21 Å². The average Bonchev–Trinajstić information content (AvgIpc) is 3.14. The number of carbonyl (C=O) groups excluding carboxylic acids is 1. The Hall–Kier alpha value is -2.04. The molecule has 0 N–H and O–H groups in total. The molecule has 2 heterocycles. The highest BCUT2D eigenvalue weighted by Crippen LogP contribution is 2.26. The molecule has 0 unspecified atom stereocenters. The largest absolute Gasteiger partial charge is 0.467 e. The van der Waals surface area contributed by atoms with Gasteiger partial charge in [0.1, 0.15) is 11.5 Å². The van der Waals surface area contributed by atoms with E-state index in [0.29, 0.717) is 18.3 Å². The Morgan fingerprint density at radius 2 is 2.18 bits per heavy atom. The van der Waals surface area contributed by atoms with Gasteiger partial charge in [-0.2, -0.15) is 5.10 Å². The van der Waals surface area contributed by atoms with Crippen LogP contribution in [0.2, 0.25) is 0 Å². The van der Waals surface area contributed by atoms with Gasteiger partial charge in [0.15, 0.2) is 0 Å². The van der Waals surface area contributed by atoms with Crippen molar-refractivity contribution >= 4 is 5.91 Å². The molecule has 0 aliphatic heterocycles. The smallest absolute Gasteiger partial charge is 0.272 e. The number of hydrogen-bond acceptors (Lipinski definition) is 3. The van der Waals surface area contributed by atoms with Crippen LogP contribution >= 0.6 is 0 Å². The first-order chi connectivity index (χ1) is 10.6. The number of amides is 1. The number of rotatable bonds is 4. The summed E-state index contributed by atoms with van der Waals surface area (Å²) in [5.41, 5.74) is 1.52. The molecule has 118 valence electrons. The van der Waals surface area contributed by atoms with Crippen LogP contribution in [0.3, 0.4) is 0 Å². The van der Waals surface area contributed by atoms with Crippen LogP contribution in [-0.2, 0) is 13.6 Å². The van der Waals surface area contributed by atoms with E-state index in [9.17, 15) is 4.79 Å². The lowest BCUT2D eigenvalue weighted by Crippen LogP contribution is -2.41. The normalized spacial score (nSPS) is 15.9. The minimum Gasteiger partial charge on any atom is -0.467 e. The van der Waals surface area contributed by atoms with Gasteiger partial charge in [0.25, 0.3) is 5.91 Å². The summed E-state index contributed by atoms with van der Waals surface area (Å²) in [5.74, 6) is 0.879. The Balaban J connectivity index is 1.86. The number of nitrogens with zero attached hydrogens (tertiary/aromatic N) is 3. The molecule has 3 rings (SSSR count). The zero-order valence-corrected chi connectivity index (χ0v) is 13.3. The van der Waals surface area contributed by atoms with Gasteiger partial charge in [-0.1, -0.05) is 19.3 Å². The van der Waals surface area contributed by atoms with E-state index in [1.807, 2.05) is 37.1 Å². The van der Waals surface area contributed by atoms with Crippen LogP contribution in [0.4, 0.5) is 0 Å². The zero-order valence-electron chi connectivity index (χ0n) is 13.3. The molecule has 2 aromatic heterocycles. The van der Waals surface area contributed by atoms with Gasteiger partial charge in [-0.05, 0) is 38.0 Å². The van der Waals surface area contributed by atoms with Gasteiger partial charge in [0, 0.05) is 13.1 Å². The lowest BCUT2D eigenvalue weighted by Gasteiger charge is -2.33. The molecule has 1 amide bonds. The van der Waals surface area contributed by atoms with Crippen molar-refractivity contribution in [3.63, 3.8) is 0 Å². The maximum absolute atomic E-state index is 13.0. The summed E-state index contributed by atoms with van der Waals surface area (Å²) in [6.45, 7) is 2.44. The number of aryl methyl sites for hydroxylation is 2. The van der Waals surface area contributed by atoms with E-state index in [-0.39, 0.29) is 5.91 Å². The van der Waals surface area contributed by atoms with Crippen LogP contribution in [0.15, 0.2) is 28.9 Å². The standard InChI is InChI=1S/C17H23N3O2/c1-13-11-16(19(2)18-13)17(21)20(12-15-9-6-10-22-15)14-7-4-3-5-8-14/h6,9-11,14H,3-5,7-8,12H2,1-2H3. The second-order valence-electron chi connectivity index (χ2n) is 6.10. The first kappa shape index (κ1) is 14.9. The summed E-state index contributed by atoms with van der Waals surface area (Å²) in [6.07, 6.45) is 7.46. The predicted molar refractivity (Wildman–Crippen MR) is 83.4 cm³/mol. The van der Waals surface area contributed by atoms with Gasteiger partial charge in [0.2, 0.25) is 0 Å². The molecule has 2 aromatic rings. The molecule has 0 saturated heterocycles. The van der Waals surface area contributed by atoms with Gasteiger partial charge < -0.3 is 9.32 Å². The monoisotopic (exact) mass is 301 g/mol. The van der Waals surface area contributed by atoms with Crippen LogP contribution < -0.4 is 0 Å². The summed E-state index contributed by atoms with van der Waals surface area (Å²) >= 11 is 0. The Labute approximate surface area is 130 Å². The molecule has 0 radical (unpaired) electrons. The summed E-state index contributed by atoms with van der Waals surface area (Å²) < 4.78 is 7.14. The van der Waals surface area contributed by atoms with E-state index in [2.05, 4.69) is 5.10 Å². The molecule has 22 heavy (non-hydrogen) atoms. The van der Waals surface area contributed by atoms with Crippen LogP contribution in [-0.4, -0.2) is 26.6 Å². The third kappa shape index (κ3) is 3.08. The lowest BCUT2D eigenvalue weighted by molar-refractivity contribution is 0.0585. The van der Waals surface area contributed by atoms with Gasteiger partial charge in [-0.15, -0.1) is 0 Å². The molecule has 1 aliphatic rings. The fourth-order valence-corrected chi connectivity index (χ4v) is 3.29. The molecule has 0 aromatic carbocycles. The van der Waals surface area contributed by atoms with Crippen molar-refractivity contribution in [1.82, 2.24) is 14.7 Å². The van der Waals surface area contributed by atoms with Crippen LogP contribution in [0.5, 0.6) is 0 Å². The van der Waals surface area contributed by atoms with E-state index >= 15 is 0 Å². The first-order valence-electron chi connectivity index (χ1n) is 7.99. The van der Waals surface area contributed by atoms with Crippen LogP contribution in [0, 0.1) is 6.92 Å². The highest BCUT2D eigenvalue weighted by atomic mass is 16.3. The summed E-state index contributed by atoms with van der Waals surface area (Å²) in [4.78, 5) is 15.0. The van der Waals surface area contributed by atoms with E-state index in [4.69, 9.17) is 4.42 Å². The number of furan rings is 1. The first-order valence-corrected chi connectivity index (χ1v) is 7.99. The van der Waals surface area contributed by atoms with Crippen molar-refractivity contribution in [2.45, 2.75) is 51.6 Å².